The van der Waals surface area contributed by atoms with Gasteiger partial charge in [0.2, 0.25) is 0 Å². The molecule has 5 rings (SSSR count). The predicted octanol–water partition coefficient (Wildman–Crippen LogP) is 5.68. The Bertz CT molecular complexity index is 1360. The average molecular weight is 513 g/mol. The number of anilines is 3. The highest BCUT2D eigenvalue weighted by Gasteiger charge is 2.30. The zero-order chi connectivity index (χ0) is 26.6. The number of likely N-dealkylation sites (tertiary alicyclic amines) is 1. The third kappa shape index (κ3) is 4.89. The van der Waals surface area contributed by atoms with Gasteiger partial charge in [-0.1, -0.05) is 30.3 Å². The van der Waals surface area contributed by atoms with Crippen LogP contribution in [0.3, 0.4) is 0 Å². The normalized spacial score (nSPS) is 15.9. The second-order valence-corrected chi connectivity index (χ2v) is 9.38. The largest absolute Gasteiger partial charge is 0.493 e. The van der Waals surface area contributed by atoms with Crippen LogP contribution in [0.5, 0.6) is 11.5 Å². The van der Waals surface area contributed by atoms with Gasteiger partial charge in [0.25, 0.3) is 5.91 Å². The molecular formula is C30H32N4O4. The number of carbonyl (C=O) groups is 2. The SMILES string of the molecule is COc1cc2c(cc1OC)/C(=C(/Nc1ccc(N(C)C(=O)N3CCCCC3)cc1)c1ccccc1)C(=O)N2. The van der Waals surface area contributed by atoms with Crippen LogP contribution in [0.1, 0.15) is 30.4 Å². The molecule has 1 saturated heterocycles. The fourth-order valence-corrected chi connectivity index (χ4v) is 4.95. The van der Waals surface area contributed by atoms with E-state index in [9.17, 15) is 9.59 Å². The zero-order valence-electron chi connectivity index (χ0n) is 21.9. The number of amides is 3. The summed E-state index contributed by atoms with van der Waals surface area (Å²) in [5.74, 6) is 0.865. The minimum absolute atomic E-state index is 0.0149. The number of piperidine rings is 1. The summed E-state index contributed by atoms with van der Waals surface area (Å²) in [6, 6.07) is 21.0. The van der Waals surface area contributed by atoms with Gasteiger partial charge >= 0.3 is 6.03 Å². The lowest BCUT2D eigenvalue weighted by Gasteiger charge is -2.31. The summed E-state index contributed by atoms with van der Waals surface area (Å²) < 4.78 is 10.9. The highest BCUT2D eigenvalue weighted by atomic mass is 16.5. The van der Waals surface area contributed by atoms with E-state index in [-0.39, 0.29) is 11.9 Å². The van der Waals surface area contributed by atoms with Crippen molar-refractivity contribution in [3.63, 3.8) is 0 Å². The van der Waals surface area contributed by atoms with Gasteiger partial charge in [-0.2, -0.15) is 0 Å². The number of carbonyl (C=O) groups excluding carboxylic acids is 2. The van der Waals surface area contributed by atoms with Crippen molar-refractivity contribution >= 4 is 40.3 Å². The van der Waals surface area contributed by atoms with Crippen molar-refractivity contribution in [3.8, 4) is 11.5 Å². The number of hydrogen-bond donors (Lipinski definition) is 2. The van der Waals surface area contributed by atoms with E-state index in [2.05, 4.69) is 10.6 Å². The molecule has 8 nitrogen and oxygen atoms in total. The second kappa shape index (κ2) is 10.9. The van der Waals surface area contributed by atoms with Crippen LogP contribution in [0.2, 0.25) is 0 Å². The van der Waals surface area contributed by atoms with Crippen LogP contribution in [-0.4, -0.2) is 51.2 Å². The van der Waals surface area contributed by atoms with Crippen molar-refractivity contribution < 1.29 is 19.1 Å². The molecule has 0 saturated carbocycles. The number of rotatable bonds is 6. The van der Waals surface area contributed by atoms with Gasteiger partial charge < -0.3 is 25.0 Å². The Morgan fingerprint density at radius 2 is 1.58 bits per heavy atom. The van der Waals surface area contributed by atoms with E-state index in [4.69, 9.17) is 9.47 Å². The van der Waals surface area contributed by atoms with Crippen molar-refractivity contribution in [2.45, 2.75) is 19.3 Å². The summed E-state index contributed by atoms with van der Waals surface area (Å²) >= 11 is 0. The highest BCUT2D eigenvalue weighted by molar-refractivity contribution is 6.37. The molecular weight excluding hydrogens is 480 g/mol. The van der Waals surface area contributed by atoms with Gasteiger partial charge in [-0.3, -0.25) is 9.69 Å². The third-order valence-corrected chi connectivity index (χ3v) is 7.02. The highest BCUT2D eigenvalue weighted by Crippen LogP contribution is 2.43. The Morgan fingerprint density at radius 1 is 0.921 bits per heavy atom. The van der Waals surface area contributed by atoms with Crippen LogP contribution in [0, 0.1) is 0 Å². The van der Waals surface area contributed by atoms with Gasteiger partial charge in [0, 0.05) is 43.1 Å². The van der Waals surface area contributed by atoms with Crippen molar-refractivity contribution in [2.24, 2.45) is 0 Å². The first-order valence-electron chi connectivity index (χ1n) is 12.8. The Balaban J connectivity index is 1.49. The maximum atomic E-state index is 13.3. The lowest BCUT2D eigenvalue weighted by Crippen LogP contribution is -2.43. The molecule has 0 atom stereocenters. The predicted molar refractivity (Wildman–Crippen MR) is 151 cm³/mol. The van der Waals surface area contributed by atoms with E-state index in [1.165, 1.54) is 6.42 Å². The third-order valence-electron chi connectivity index (χ3n) is 7.02. The Kier molecular flexibility index (Phi) is 7.22. The molecule has 1 fully saturated rings. The molecule has 0 radical (unpaired) electrons. The molecule has 2 heterocycles. The molecule has 0 aliphatic carbocycles. The maximum Gasteiger partial charge on any atom is 0.324 e. The van der Waals surface area contributed by atoms with Crippen LogP contribution in [0.25, 0.3) is 11.3 Å². The number of fused-ring (bicyclic) bond motifs is 1. The summed E-state index contributed by atoms with van der Waals surface area (Å²) in [4.78, 5) is 29.8. The molecule has 0 unspecified atom stereocenters. The number of benzene rings is 3. The number of nitrogens with zero attached hydrogens (tertiary/aromatic N) is 2. The average Bonchev–Trinajstić information content (AvgIpc) is 3.29. The Hall–Kier alpha value is -4.46. The number of hydrogen-bond acceptors (Lipinski definition) is 5. The van der Waals surface area contributed by atoms with Crippen LogP contribution < -0.4 is 25.0 Å². The minimum atomic E-state index is -0.217. The van der Waals surface area contributed by atoms with Crippen LogP contribution in [0.15, 0.2) is 66.7 Å². The fourth-order valence-electron chi connectivity index (χ4n) is 4.95. The van der Waals surface area contributed by atoms with Crippen molar-refractivity contribution in [3.05, 3.63) is 77.9 Å². The lowest BCUT2D eigenvalue weighted by molar-refractivity contribution is -0.110. The second-order valence-electron chi connectivity index (χ2n) is 9.38. The van der Waals surface area contributed by atoms with Crippen molar-refractivity contribution in [1.29, 1.82) is 0 Å². The number of ether oxygens (including phenoxy) is 2. The molecule has 196 valence electrons. The van der Waals surface area contributed by atoms with Crippen molar-refractivity contribution in [2.75, 3.05) is 49.9 Å². The molecule has 0 aromatic heterocycles. The van der Waals surface area contributed by atoms with E-state index in [0.29, 0.717) is 28.5 Å². The minimum Gasteiger partial charge on any atom is -0.493 e. The molecule has 38 heavy (non-hydrogen) atoms. The topological polar surface area (TPSA) is 83.1 Å². The number of nitrogens with one attached hydrogen (secondary N) is 2. The number of urea groups is 1. The van der Waals surface area contributed by atoms with E-state index < -0.39 is 0 Å². The molecule has 2 aliphatic rings. The monoisotopic (exact) mass is 512 g/mol. The molecule has 0 bridgehead atoms. The molecule has 2 N–H and O–H groups in total. The number of methoxy groups -OCH3 is 2. The van der Waals surface area contributed by atoms with Crippen LogP contribution in [0.4, 0.5) is 21.9 Å². The first kappa shape index (κ1) is 25.2. The maximum absolute atomic E-state index is 13.3. The zero-order valence-corrected chi connectivity index (χ0v) is 21.9. The van der Waals surface area contributed by atoms with Crippen LogP contribution in [-0.2, 0) is 4.79 Å². The van der Waals surface area contributed by atoms with Gasteiger partial charge in [-0.05, 0) is 55.2 Å². The summed E-state index contributed by atoms with van der Waals surface area (Å²) in [6.45, 7) is 1.61. The van der Waals surface area contributed by atoms with E-state index in [1.54, 1.807) is 32.2 Å². The van der Waals surface area contributed by atoms with Gasteiger partial charge in [0.15, 0.2) is 11.5 Å². The molecule has 8 heteroatoms. The molecule has 3 amide bonds. The fraction of sp³-hybridized carbons (Fsp3) is 0.267. The lowest BCUT2D eigenvalue weighted by atomic mass is 9.99. The summed E-state index contributed by atoms with van der Waals surface area (Å²) in [5.41, 5.74) is 5.02. The summed E-state index contributed by atoms with van der Waals surface area (Å²) in [6.07, 6.45) is 3.28. The molecule has 2 aliphatic heterocycles. The first-order valence-corrected chi connectivity index (χ1v) is 12.8. The van der Waals surface area contributed by atoms with Gasteiger partial charge in [-0.15, -0.1) is 0 Å². The first-order chi connectivity index (χ1) is 18.5. The van der Waals surface area contributed by atoms with Crippen LogP contribution >= 0.6 is 0 Å². The van der Waals surface area contributed by atoms with E-state index in [1.807, 2.05) is 65.6 Å². The van der Waals surface area contributed by atoms with E-state index >= 15 is 0 Å². The Morgan fingerprint density at radius 3 is 2.24 bits per heavy atom. The molecule has 3 aromatic carbocycles. The standard InChI is InChI=1S/C30H32N4O4/c1-33(30(36)34-16-8-5-9-17-34)22-14-12-21(13-15-22)31-28(20-10-6-4-7-11-20)27-23-18-25(37-2)26(38-3)19-24(23)32-29(27)35/h4,6-7,10-15,18-19,31H,5,8-9,16-17H2,1-3H3,(H,32,35)/b28-27-. The van der Waals surface area contributed by atoms with E-state index in [0.717, 1.165) is 48.4 Å². The quantitative estimate of drug-likeness (QED) is 0.416. The smallest absolute Gasteiger partial charge is 0.324 e. The van der Waals surface area contributed by atoms with Gasteiger partial charge in [-0.25, -0.2) is 4.79 Å². The molecule has 0 spiro atoms. The van der Waals surface area contributed by atoms with Gasteiger partial charge in [0.1, 0.15) is 0 Å². The van der Waals surface area contributed by atoms with Gasteiger partial charge in [0.05, 0.1) is 31.2 Å². The molecule has 3 aromatic rings. The van der Waals surface area contributed by atoms with Crippen molar-refractivity contribution in [1.82, 2.24) is 4.90 Å². The summed E-state index contributed by atoms with van der Waals surface area (Å²) in [5, 5.41) is 6.42. The summed E-state index contributed by atoms with van der Waals surface area (Å²) in [7, 11) is 4.94. The Labute approximate surface area is 222 Å².